The number of carbonyl (C=O) groups excluding carboxylic acids is 3. The normalized spacial score (nSPS) is 23.4. The molecule has 0 spiro atoms. The number of rotatable bonds is 5. The lowest BCUT2D eigenvalue weighted by Gasteiger charge is -2.22. The van der Waals surface area contributed by atoms with Gasteiger partial charge in [-0.15, -0.1) is 0 Å². The van der Waals surface area contributed by atoms with Crippen LogP contribution in [0, 0.1) is 11.8 Å². The largest absolute Gasteiger partial charge is 0.369 e. The molecule has 0 aromatic carbocycles. The van der Waals surface area contributed by atoms with E-state index < -0.39 is 11.8 Å². The zero-order chi connectivity index (χ0) is 14.0. The second-order valence-corrected chi connectivity index (χ2v) is 4.95. The van der Waals surface area contributed by atoms with Crippen molar-refractivity contribution < 1.29 is 19.2 Å². The van der Waals surface area contributed by atoms with Crippen molar-refractivity contribution in [3.05, 3.63) is 11.3 Å². The molecule has 0 bridgehead atoms. The molecule has 104 valence electrons. The minimum atomic E-state index is -0.670. The molecule has 0 saturated heterocycles. The van der Waals surface area contributed by atoms with Gasteiger partial charge in [0.05, 0.1) is 23.8 Å². The molecular weight excluding hydrogens is 248 g/mol. The maximum absolute atomic E-state index is 12.1. The summed E-state index contributed by atoms with van der Waals surface area (Å²) in [5, 5.41) is 0. The summed E-state index contributed by atoms with van der Waals surface area (Å²) in [6.45, 7) is 2.26. The first kappa shape index (κ1) is 13.7. The summed E-state index contributed by atoms with van der Waals surface area (Å²) in [6, 6.07) is 0. The number of nitrogens with two attached hydrogens (primary N) is 1. The van der Waals surface area contributed by atoms with Gasteiger partial charge in [0.2, 0.25) is 5.91 Å². The lowest BCUT2D eigenvalue weighted by atomic mass is 9.82. The molecule has 6 nitrogen and oxygen atoms in total. The van der Waals surface area contributed by atoms with Gasteiger partial charge in [-0.1, -0.05) is 0 Å². The van der Waals surface area contributed by atoms with Gasteiger partial charge in [-0.2, -0.15) is 0 Å². The first-order valence-electron chi connectivity index (χ1n) is 6.52. The molecule has 0 atom stereocenters. The first-order chi connectivity index (χ1) is 9.04. The number of carbonyl (C=O) groups is 3. The molecule has 2 rings (SSSR count). The summed E-state index contributed by atoms with van der Waals surface area (Å²) in [7, 11) is 0. The molecule has 2 aliphatic rings. The number of hydrogen-bond donors (Lipinski definition) is 2. The number of hydroxylamine groups is 1. The Morgan fingerprint density at radius 1 is 1.26 bits per heavy atom. The number of Topliss-reactive ketones (excluding diaryl/α,β-unsaturated/α-hetero) is 2. The predicted octanol–water partition coefficient (Wildman–Crippen LogP) is 0.225. The van der Waals surface area contributed by atoms with Crippen LogP contribution in [0.15, 0.2) is 11.3 Å². The van der Waals surface area contributed by atoms with Gasteiger partial charge in [-0.3, -0.25) is 24.7 Å². The van der Waals surface area contributed by atoms with Gasteiger partial charge in [-0.25, -0.2) is 0 Å². The Morgan fingerprint density at radius 3 is 2.26 bits per heavy atom. The van der Waals surface area contributed by atoms with E-state index in [1.54, 1.807) is 0 Å². The molecule has 0 aromatic heterocycles. The molecular formula is C13H18N2O4. The third-order valence-corrected chi connectivity index (χ3v) is 3.41. The minimum absolute atomic E-state index is 0.0143. The fourth-order valence-corrected chi connectivity index (χ4v) is 2.24. The molecule has 19 heavy (non-hydrogen) atoms. The summed E-state index contributed by atoms with van der Waals surface area (Å²) < 4.78 is 0. The smallest absolute Gasteiger partial charge is 0.221 e. The van der Waals surface area contributed by atoms with Crippen molar-refractivity contribution >= 4 is 17.5 Å². The minimum Gasteiger partial charge on any atom is -0.369 e. The Hall–Kier alpha value is -1.69. The van der Waals surface area contributed by atoms with E-state index >= 15 is 0 Å². The van der Waals surface area contributed by atoms with Crippen LogP contribution in [0.3, 0.4) is 0 Å². The van der Waals surface area contributed by atoms with Gasteiger partial charge in [-0.05, 0) is 19.8 Å². The first-order valence-corrected chi connectivity index (χ1v) is 6.52. The van der Waals surface area contributed by atoms with Crippen LogP contribution in [0.1, 0.15) is 32.6 Å². The van der Waals surface area contributed by atoms with Crippen molar-refractivity contribution in [3.8, 4) is 0 Å². The Bertz CT molecular complexity index is 432. The van der Waals surface area contributed by atoms with Crippen molar-refractivity contribution in [1.29, 1.82) is 0 Å². The fraction of sp³-hybridized carbons (Fsp3) is 0.615. The SMILES string of the molecule is CCONC(=C1C(=O)CC(C(N)=O)CC1=O)C1CC1. The number of amides is 1. The molecule has 0 heterocycles. The zero-order valence-electron chi connectivity index (χ0n) is 10.9. The standard InChI is InChI=1S/C13H18N2O4/c1-2-19-15-12(7-3-4-7)11-9(16)5-8(13(14)18)6-10(11)17/h7-8,15H,2-6H2,1H3,(H2,14,18). The second-order valence-electron chi connectivity index (χ2n) is 4.95. The van der Waals surface area contributed by atoms with Gasteiger partial charge < -0.3 is 5.73 Å². The lowest BCUT2D eigenvalue weighted by molar-refractivity contribution is -0.132. The summed E-state index contributed by atoms with van der Waals surface area (Å²) in [4.78, 5) is 40.4. The topological polar surface area (TPSA) is 98.5 Å². The number of hydrogen-bond acceptors (Lipinski definition) is 5. The highest BCUT2D eigenvalue weighted by Crippen LogP contribution is 2.38. The third kappa shape index (κ3) is 3.01. The zero-order valence-corrected chi connectivity index (χ0v) is 10.9. The van der Waals surface area contributed by atoms with Crippen LogP contribution in [-0.2, 0) is 19.2 Å². The Balaban J connectivity index is 2.23. The molecule has 0 aliphatic heterocycles. The van der Waals surface area contributed by atoms with E-state index in [-0.39, 0.29) is 35.9 Å². The molecule has 2 aliphatic carbocycles. The molecule has 1 amide bonds. The second kappa shape index (κ2) is 5.52. The molecule has 0 unspecified atom stereocenters. The number of allylic oxidation sites excluding steroid dienone is 2. The van der Waals surface area contributed by atoms with E-state index in [1.165, 1.54) is 0 Å². The van der Waals surface area contributed by atoms with Crippen molar-refractivity contribution in [3.63, 3.8) is 0 Å². The monoisotopic (exact) mass is 266 g/mol. The molecule has 6 heteroatoms. The predicted molar refractivity (Wildman–Crippen MR) is 66.4 cm³/mol. The number of nitrogens with one attached hydrogen (secondary N) is 1. The van der Waals surface area contributed by atoms with E-state index in [4.69, 9.17) is 10.6 Å². The van der Waals surface area contributed by atoms with Crippen molar-refractivity contribution in [2.45, 2.75) is 32.6 Å². The number of primary amides is 1. The van der Waals surface area contributed by atoms with Gasteiger partial charge in [0, 0.05) is 18.8 Å². The molecule has 0 radical (unpaired) electrons. The van der Waals surface area contributed by atoms with Crippen LogP contribution in [0.4, 0.5) is 0 Å². The molecule has 0 aromatic rings. The van der Waals surface area contributed by atoms with Crippen molar-refractivity contribution in [1.82, 2.24) is 5.48 Å². The van der Waals surface area contributed by atoms with E-state index in [0.717, 1.165) is 12.8 Å². The summed E-state index contributed by atoms with van der Waals surface area (Å²) in [5.41, 5.74) is 8.65. The summed E-state index contributed by atoms with van der Waals surface area (Å²) in [5.74, 6) is -1.69. The van der Waals surface area contributed by atoms with Gasteiger partial charge in [0.1, 0.15) is 0 Å². The molecule has 3 N–H and O–H groups in total. The summed E-state index contributed by atoms with van der Waals surface area (Å²) in [6.07, 6.45) is 1.91. The van der Waals surface area contributed by atoms with Gasteiger partial charge in [0.25, 0.3) is 0 Å². The van der Waals surface area contributed by atoms with Crippen LogP contribution >= 0.6 is 0 Å². The Labute approximate surface area is 111 Å². The maximum Gasteiger partial charge on any atom is 0.221 e. The third-order valence-electron chi connectivity index (χ3n) is 3.41. The Kier molecular flexibility index (Phi) is 3.99. The fourth-order valence-electron chi connectivity index (χ4n) is 2.24. The van der Waals surface area contributed by atoms with E-state index in [9.17, 15) is 14.4 Å². The maximum atomic E-state index is 12.1. The van der Waals surface area contributed by atoms with Crippen LogP contribution < -0.4 is 11.2 Å². The Morgan fingerprint density at radius 2 is 1.84 bits per heavy atom. The van der Waals surface area contributed by atoms with Crippen LogP contribution in [0.25, 0.3) is 0 Å². The highest BCUT2D eigenvalue weighted by molar-refractivity contribution is 6.23. The van der Waals surface area contributed by atoms with Crippen LogP contribution in [-0.4, -0.2) is 24.1 Å². The quantitative estimate of drug-likeness (QED) is 0.421. The van der Waals surface area contributed by atoms with Gasteiger partial charge >= 0.3 is 0 Å². The van der Waals surface area contributed by atoms with Gasteiger partial charge in [0.15, 0.2) is 11.6 Å². The lowest BCUT2D eigenvalue weighted by Crippen LogP contribution is -2.36. The highest BCUT2D eigenvalue weighted by Gasteiger charge is 2.39. The van der Waals surface area contributed by atoms with Crippen molar-refractivity contribution in [2.75, 3.05) is 6.61 Å². The van der Waals surface area contributed by atoms with Crippen molar-refractivity contribution in [2.24, 2.45) is 17.6 Å². The molecule has 2 saturated carbocycles. The van der Waals surface area contributed by atoms with E-state index in [1.807, 2.05) is 6.92 Å². The van der Waals surface area contributed by atoms with Crippen LogP contribution in [0.2, 0.25) is 0 Å². The van der Waals surface area contributed by atoms with E-state index in [2.05, 4.69) is 5.48 Å². The summed E-state index contributed by atoms with van der Waals surface area (Å²) >= 11 is 0. The van der Waals surface area contributed by atoms with Crippen LogP contribution in [0.5, 0.6) is 0 Å². The number of ketones is 2. The van der Waals surface area contributed by atoms with E-state index in [0.29, 0.717) is 12.3 Å². The average Bonchev–Trinajstić information content (AvgIpc) is 3.16. The highest BCUT2D eigenvalue weighted by atomic mass is 16.6. The average molecular weight is 266 g/mol. The molecule has 2 fully saturated rings.